The summed E-state index contributed by atoms with van der Waals surface area (Å²) in [6, 6.07) is 12.8. The Bertz CT molecular complexity index is 711. The molecule has 108 valence electrons. The van der Waals surface area contributed by atoms with Crippen molar-refractivity contribution in [1.82, 2.24) is 0 Å². The van der Waals surface area contributed by atoms with Crippen molar-refractivity contribution >= 4 is 33.2 Å². The van der Waals surface area contributed by atoms with E-state index in [2.05, 4.69) is 26.4 Å². The van der Waals surface area contributed by atoms with E-state index in [9.17, 15) is 4.79 Å². The van der Waals surface area contributed by atoms with Gasteiger partial charge in [0.25, 0.3) is 5.91 Å². The summed E-state index contributed by atoms with van der Waals surface area (Å²) in [6.45, 7) is 3.63. The Labute approximate surface area is 131 Å². The van der Waals surface area contributed by atoms with Crippen molar-refractivity contribution in [1.29, 1.82) is 0 Å². The fourth-order valence-electron chi connectivity index (χ4n) is 1.89. The lowest BCUT2D eigenvalue weighted by Gasteiger charge is -2.09. The van der Waals surface area contributed by atoms with Crippen LogP contribution in [0.25, 0.3) is 0 Å². The average Bonchev–Trinajstić information content (AvgIpc) is 2.49. The zero-order chi connectivity index (χ0) is 15.4. The van der Waals surface area contributed by atoms with Crippen LogP contribution in [0.5, 0.6) is 0 Å². The van der Waals surface area contributed by atoms with Gasteiger partial charge in [-0.3, -0.25) is 4.79 Å². The molecule has 0 fully saturated rings. The highest BCUT2D eigenvalue weighted by molar-refractivity contribution is 9.10. The zero-order valence-corrected chi connectivity index (χ0v) is 13.3. The van der Waals surface area contributed by atoms with Gasteiger partial charge in [-0.25, -0.2) is 0 Å². The Morgan fingerprint density at radius 1 is 1.24 bits per heavy atom. The third-order valence-corrected chi connectivity index (χ3v) is 3.75. The number of oxime groups is 1. The fraction of sp³-hybridized carbons (Fsp3) is 0.125. The summed E-state index contributed by atoms with van der Waals surface area (Å²) in [7, 11) is 0. The molecule has 0 unspecified atom stereocenters. The summed E-state index contributed by atoms with van der Waals surface area (Å²) in [5, 5.41) is 14.8. The summed E-state index contributed by atoms with van der Waals surface area (Å²) in [6.07, 6.45) is 0. The molecule has 2 aromatic carbocycles. The highest BCUT2D eigenvalue weighted by Crippen LogP contribution is 2.20. The molecule has 2 rings (SSSR count). The lowest BCUT2D eigenvalue weighted by Crippen LogP contribution is -2.13. The van der Waals surface area contributed by atoms with Gasteiger partial charge < -0.3 is 10.5 Å². The van der Waals surface area contributed by atoms with Crippen LogP contribution < -0.4 is 5.32 Å². The van der Waals surface area contributed by atoms with Crippen molar-refractivity contribution in [3.8, 4) is 0 Å². The molecular formula is C16H15BrN2O2. The lowest BCUT2D eigenvalue weighted by atomic mass is 10.1. The molecule has 0 aliphatic carbocycles. The molecule has 2 aromatic rings. The first-order valence-electron chi connectivity index (χ1n) is 6.38. The summed E-state index contributed by atoms with van der Waals surface area (Å²) in [5.74, 6) is -0.193. The number of halogens is 1. The smallest absolute Gasteiger partial charge is 0.256 e. The van der Waals surface area contributed by atoms with Crippen molar-refractivity contribution in [3.63, 3.8) is 0 Å². The van der Waals surface area contributed by atoms with Crippen molar-refractivity contribution in [2.24, 2.45) is 5.16 Å². The van der Waals surface area contributed by atoms with Crippen LogP contribution in [0.3, 0.4) is 0 Å². The van der Waals surface area contributed by atoms with Gasteiger partial charge in [0, 0.05) is 15.7 Å². The van der Waals surface area contributed by atoms with Crippen LogP contribution in [-0.2, 0) is 0 Å². The van der Waals surface area contributed by atoms with E-state index in [1.165, 1.54) is 0 Å². The molecule has 0 bridgehead atoms. The number of rotatable bonds is 3. The molecule has 4 nitrogen and oxygen atoms in total. The second-order valence-corrected chi connectivity index (χ2v) is 5.56. The van der Waals surface area contributed by atoms with Crippen LogP contribution in [0.2, 0.25) is 0 Å². The van der Waals surface area contributed by atoms with E-state index in [1.54, 1.807) is 25.1 Å². The Morgan fingerprint density at radius 3 is 2.71 bits per heavy atom. The molecule has 0 aromatic heterocycles. The molecule has 2 N–H and O–H groups in total. The van der Waals surface area contributed by atoms with Gasteiger partial charge in [-0.2, -0.15) is 0 Å². The molecule has 0 atom stereocenters. The summed E-state index contributed by atoms with van der Waals surface area (Å²) >= 11 is 3.38. The maximum atomic E-state index is 12.3. The molecule has 0 spiro atoms. The predicted octanol–water partition coefficient (Wildman–Crippen LogP) is 4.21. The highest BCUT2D eigenvalue weighted by Gasteiger charge is 2.11. The second-order valence-electron chi connectivity index (χ2n) is 4.70. The van der Waals surface area contributed by atoms with E-state index < -0.39 is 0 Å². The van der Waals surface area contributed by atoms with E-state index in [1.807, 2.05) is 31.2 Å². The van der Waals surface area contributed by atoms with Gasteiger partial charge in [0.2, 0.25) is 0 Å². The van der Waals surface area contributed by atoms with Crippen LogP contribution in [0.4, 0.5) is 5.69 Å². The molecule has 0 saturated heterocycles. The number of carbonyl (C=O) groups excluding carboxylic acids is 1. The maximum Gasteiger partial charge on any atom is 0.256 e. The number of nitrogens with one attached hydrogen (secondary N) is 1. The first kappa shape index (κ1) is 15.3. The highest BCUT2D eigenvalue weighted by atomic mass is 79.9. The van der Waals surface area contributed by atoms with Gasteiger partial charge in [-0.1, -0.05) is 28.9 Å². The number of anilines is 1. The molecule has 1 amide bonds. The van der Waals surface area contributed by atoms with Crippen LogP contribution in [0.1, 0.15) is 28.4 Å². The summed E-state index contributed by atoms with van der Waals surface area (Å²) in [5.41, 5.74) is 3.48. The van der Waals surface area contributed by atoms with Crippen molar-refractivity contribution in [2.45, 2.75) is 13.8 Å². The van der Waals surface area contributed by atoms with Gasteiger partial charge in [0.1, 0.15) is 0 Å². The molecule has 21 heavy (non-hydrogen) atoms. The molecule has 0 radical (unpaired) electrons. The van der Waals surface area contributed by atoms with Gasteiger partial charge in [0.05, 0.1) is 11.3 Å². The van der Waals surface area contributed by atoms with Crippen LogP contribution in [-0.4, -0.2) is 16.8 Å². The topological polar surface area (TPSA) is 61.7 Å². The predicted molar refractivity (Wildman–Crippen MR) is 87.3 cm³/mol. The normalized spacial score (nSPS) is 11.3. The largest absolute Gasteiger partial charge is 0.411 e. The lowest BCUT2D eigenvalue weighted by molar-refractivity contribution is 0.102. The minimum Gasteiger partial charge on any atom is -0.411 e. The second kappa shape index (κ2) is 6.54. The fourth-order valence-corrected chi connectivity index (χ4v) is 2.32. The minimum absolute atomic E-state index is 0.193. The summed E-state index contributed by atoms with van der Waals surface area (Å²) in [4.78, 5) is 12.3. The van der Waals surface area contributed by atoms with E-state index >= 15 is 0 Å². The number of amides is 1. The Hall–Kier alpha value is -2.14. The molecule has 0 heterocycles. The van der Waals surface area contributed by atoms with Gasteiger partial charge in [-0.05, 0) is 54.0 Å². The van der Waals surface area contributed by atoms with E-state index in [-0.39, 0.29) is 5.91 Å². The van der Waals surface area contributed by atoms with Gasteiger partial charge in [-0.15, -0.1) is 0 Å². The van der Waals surface area contributed by atoms with Gasteiger partial charge >= 0.3 is 0 Å². The molecule has 5 heteroatoms. The van der Waals surface area contributed by atoms with E-state index in [0.29, 0.717) is 17.0 Å². The minimum atomic E-state index is -0.193. The SMILES string of the molecule is C/C(=N/O)c1cccc(NC(=O)c2cc(C)ccc2Br)c1. The molecule has 0 aliphatic heterocycles. The van der Waals surface area contributed by atoms with Crippen LogP contribution in [0, 0.1) is 6.92 Å². The third kappa shape index (κ3) is 3.70. The first-order valence-corrected chi connectivity index (χ1v) is 7.17. The van der Waals surface area contributed by atoms with Crippen LogP contribution >= 0.6 is 15.9 Å². The average molecular weight is 347 g/mol. The Balaban J connectivity index is 2.26. The van der Waals surface area contributed by atoms with Crippen molar-refractivity contribution < 1.29 is 10.0 Å². The Morgan fingerprint density at radius 2 is 2.00 bits per heavy atom. The molecule has 0 saturated carbocycles. The number of hydrogen-bond donors (Lipinski definition) is 2. The number of nitrogens with zero attached hydrogens (tertiary/aromatic N) is 1. The third-order valence-electron chi connectivity index (χ3n) is 3.05. The number of benzene rings is 2. The van der Waals surface area contributed by atoms with Crippen LogP contribution in [0.15, 0.2) is 52.1 Å². The van der Waals surface area contributed by atoms with E-state index in [0.717, 1.165) is 15.6 Å². The summed E-state index contributed by atoms with van der Waals surface area (Å²) < 4.78 is 0.745. The number of carbonyl (C=O) groups is 1. The van der Waals surface area contributed by atoms with E-state index in [4.69, 9.17) is 5.21 Å². The quantitative estimate of drug-likeness (QED) is 0.496. The monoisotopic (exact) mass is 346 g/mol. The number of hydrogen-bond acceptors (Lipinski definition) is 3. The zero-order valence-electron chi connectivity index (χ0n) is 11.7. The Kier molecular flexibility index (Phi) is 4.75. The number of aryl methyl sites for hydroxylation is 1. The van der Waals surface area contributed by atoms with Gasteiger partial charge in [0.15, 0.2) is 0 Å². The van der Waals surface area contributed by atoms with Crippen molar-refractivity contribution in [2.75, 3.05) is 5.32 Å². The van der Waals surface area contributed by atoms with Crippen molar-refractivity contribution in [3.05, 3.63) is 63.6 Å². The molecule has 0 aliphatic rings. The standard InChI is InChI=1S/C16H15BrN2O2/c1-10-6-7-15(17)14(8-10)16(20)18-13-5-3-4-12(9-13)11(2)19-21/h3-9,21H,1-2H3,(H,18,20)/b19-11-. The first-order chi connectivity index (χ1) is 10.0. The molecular weight excluding hydrogens is 332 g/mol. The maximum absolute atomic E-state index is 12.3.